The number of halogens is 1. The lowest BCUT2D eigenvalue weighted by molar-refractivity contribution is 1.07. The Morgan fingerprint density at radius 3 is 2.37 bits per heavy atom. The van der Waals surface area contributed by atoms with Crippen molar-refractivity contribution in [1.29, 1.82) is 0 Å². The van der Waals surface area contributed by atoms with E-state index in [9.17, 15) is 0 Å². The summed E-state index contributed by atoms with van der Waals surface area (Å²) in [5.74, 6) is 1.55. The monoisotopic (exact) mass is 412 g/mol. The Morgan fingerprint density at radius 2 is 1.63 bits per heavy atom. The summed E-state index contributed by atoms with van der Waals surface area (Å²) in [6.45, 7) is 0. The molecule has 0 spiro atoms. The van der Waals surface area contributed by atoms with E-state index in [0.717, 1.165) is 39.4 Å². The number of fused-ring (bicyclic) bond motifs is 1. The number of aromatic nitrogens is 5. The van der Waals surface area contributed by atoms with Gasteiger partial charge in [0.25, 0.3) is 0 Å². The van der Waals surface area contributed by atoms with Crippen molar-refractivity contribution in [3.63, 3.8) is 0 Å². The molecule has 2 N–H and O–H groups in total. The maximum atomic E-state index is 6.18. The lowest BCUT2D eigenvalue weighted by atomic mass is 10.2. The lowest BCUT2D eigenvalue weighted by Crippen LogP contribution is -2.02. The molecule has 30 heavy (non-hydrogen) atoms. The van der Waals surface area contributed by atoms with Gasteiger partial charge in [0.1, 0.15) is 11.3 Å². The van der Waals surface area contributed by atoms with E-state index in [2.05, 4.69) is 9.97 Å². The molecule has 4 heterocycles. The van der Waals surface area contributed by atoms with Crippen molar-refractivity contribution in [1.82, 2.24) is 24.5 Å². The number of imidazole rings is 1. The van der Waals surface area contributed by atoms with Gasteiger partial charge in [0.05, 0.1) is 17.0 Å². The molecule has 5 rings (SSSR count). The number of nitrogens with zero attached hydrogens (tertiary/aromatic N) is 5. The highest BCUT2D eigenvalue weighted by Crippen LogP contribution is 2.31. The van der Waals surface area contributed by atoms with Crippen molar-refractivity contribution >= 4 is 28.6 Å². The summed E-state index contributed by atoms with van der Waals surface area (Å²) in [5, 5.41) is 0. The van der Waals surface area contributed by atoms with Gasteiger partial charge in [0.2, 0.25) is 0 Å². The molecule has 0 atom stereocenters. The van der Waals surface area contributed by atoms with Gasteiger partial charge in [-0.3, -0.25) is 9.55 Å². The zero-order valence-electron chi connectivity index (χ0n) is 15.9. The third-order valence-corrected chi connectivity index (χ3v) is 5.17. The number of rotatable bonds is 4. The minimum absolute atomic E-state index is 0.413. The van der Waals surface area contributed by atoms with Crippen molar-refractivity contribution in [2.75, 3.05) is 5.73 Å². The minimum Gasteiger partial charge on any atom is -0.383 e. The number of anilines is 1. The van der Waals surface area contributed by atoms with Gasteiger partial charge in [-0.1, -0.05) is 18.2 Å². The first-order chi connectivity index (χ1) is 14.7. The molecule has 7 heteroatoms. The van der Waals surface area contributed by atoms with Crippen molar-refractivity contribution in [3.05, 3.63) is 84.7 Å². The third kappa shape index (κ3) is 3.17. The van der Waals surface area contributed by atoms with Crippen LogP contribution in [0, 0.1) is 0 Å². The van der Waals surface area contributed by atoms with Crippen molar-refractivity contribution < 1.29 is 0 Å². The fourth-order valence-corrected chi connectivity index (χ4v) is 3.56. The molecule has 0 radical (unpaired) electrons. The van der Waals surface area contributed by atoms with Crippen LogP contribution in [0.4, 0.5) is 5.82 Å². The van der Waals surface area contributed by atoms with Crippen LogP contribution in [-0.4, -0.2) is 24.5 Å². The molecule has 0 bridgehead atoms. The fourth-order valence-electron chi connectivity index (χ4n) is 3.38. The van der Waals surface area contributed by atoms with Crippen LogP contribution in [0.2, 0.25) is 0 Å². The predicted octanol–water partition coefficient (Wildman–Crippen LogP) is 4.87. The third-order valence-electron chi connectivity index (χ3n) is 4.86. The second kappa shape index (κ2) is 7.57. The van der Waals surface area contributed by atoms with E-state index < -0.39 is 0 Å². The number of alkyl halides is 1. The Morgan fingerprint density at radius 1 is 0.800 bits per heavy atom. The summed E-state index contributed by atoms with van der Waals surface area (Å²) in [7, 11) is 0. The van der Waals surface area contributed by atoms with Crippen molar-refractivity contribution in [2.45, 2.75) is 5.88 Å². The van der Waals surface area contributed by atoms with Gasteiger partial charge in [-0.15, -0.1) is 11.6 Å². The van der Waals surface area contributed by atoms with Crippen LogP contribution in [0.15, 0.2) is 79.1 Å². The van der Waals surface area contributed by atoms with Crippen LogP contribution in [0.1, 0.15) is 5.56 Å². The molecule has 0 aliphatic heterocycles. The first-order valence-electron chi connectivity index (χ1n) is 9.41. The van der Waals surface area contributed by atoms with Crippen LogP contribution in [-0.2, 0) is 5.88 Å². The first-order valence-corrected chi connectivity index (χ1v) is 9.95. The molecule has 0 aliphatic carbocycles. The summed E-state index contributed by atoms with van der Waals surface area (Å²) in [6, 6.07) is 21.4. The highest BCUT2D eigenvalue weighted by atomic mass is 35.5. The summed E-state index contributed by atoms with van der Waals surface area (Å²) in [6.07, 6.45) is 3.42. The number of hydrogen-bond donors (Lipinski definition) is 1. The zero-order valence-corrected chi connectivity index (χ0v) is 16.7. The molecule has 0 aliphatic rings. The summed E-state index contributed by atoms with van der Waals surface area (Å²) in [4.78, 5) is 18.4. The topological polar surface area (TPSA) is 82.5 Å². The summed E-state index contributed by atoms with van der Waals surface area (Å²) in [5.41, 5.74) is 11.9. The van der Waals surface area contributed by atoms with Gasteiger partial charge >= 0.3 is 0 Å². The average Bonchev–Trinajstić information content (AvgIpc) is 3.18. The second-order valence-corrected chi connectivity index (χ2v) is 7.03. The fraction of sp³-hybridized carbons (Fsp3) is 0.0435. The van der Waals surface area contributed by atoms with Gasteiger partial charge < -0.3 is 5.73 Å². The molecule has 0 saturated heterocycles. The number of benzene rings is 1. The lowest BCUT2D eigenvalue weighted by Gasteiger charge is -2.11. The maximum absolute atomic E-state index is 6.18. The predicted molar refractivity (Wildman–Crippen MR) is 119 cm³/mol. The van der Waals surface area contributed by atoms with Gasteiger partial charge in [0.15, 0.2) is 11.5 Å². The first kappa shape index (κ1) is 18.3. The molecule has 146 valence electrons. The Kier molecular flexibility index (Phi) is 4.61. The van der Waals surface area contributed by atoms with Gasteiger partial charge in [0, 0.05) is 24.0 Å². The number of pyridine rings is 3. The molecule has 0 saturated carbocycles. The molecule has 6 nitrogen and oxygen atoms in total. The molecular formula is C23H17ClN6. The van der Waals surface area contributed by atoms with Crippen LogP contribution >= 0.6 is 11.6 Å². The van der Waals surface area contributed by atoms with Crippen LogP contribution in [0.3, 0.4) is 0 Å². The Balaban J connectivity index is 1.79. The van der Waals surface area contributed by atoms with Crippen LogP contribution in [0.25, 0.3) is 39.6 Å². The number of nitrogens with two attached hydrogens (primary N) is 1. The maximum Gasteiger partial charge on any atom is 0.165 e. The van der Waals surface area contributed by atoms with Crippen molar-refractivity contribution in [3.8, 4) is 28.5 Å². The highest BCUT2D eigenvalue weighted by Gasteiger charge is 2.18. The van der Waals surface area contributed by atoms with Gasteiger partial charge in [-0.2, -0.15) is 0 Å². The quantitative estimate of drug-likeness (QED) is 0.426. The average molecular weight is 413 g/mol. The smallest absolute Gasteiger partial charge is 0.165 e. The molecule has 5 aromatic rings. The molecule has 0 amide bonds. The van der Waals surface area contributed by atoms with E-state index in [1.807, 2.05) is 71.3 Å². The normalized spacial score (nSPS) is 11.1. The Labute approximate surface area is 178 Å². The zero-order chi connectivity index (χ0) is 20.5. The minimum atomic E-state index is 0.413. The van der Waals surface area contributed by atoms with Gasteiger partial charge in [-0.05, 0) is 54.1 Å². The largest absolute Gasteiger partial charge is 0.383 e. The standard InChI is InChI=1S/C23H17ClN6/c24-14-15-6-8-16(9-7-15)30-22(17-4-3-13-27-21(17)25)29-20-11-10-19(28-23(20)30)18-5-1-2-12-26-18/h1-13H,14H2,(H2,25,27). The van der Waals surface area contributed by atoms with Crippen LogP contribution < -0.4 is 5.73 Å². The molecular weight excluding hydrogens is 396 g/mol. The number of hydrogen-bond acceptors (Lipinski definition) is 5. The molecule has 1 aromatic carbocycles. The second-order valence-electron chi connectivity index (χ2n) is 6.76. The van der Waals surface area contributed by atoms with E-state index in [1.54, 1.807) is 12.4 Å². The van der Waals surface area contributed by atoms with E-state index in [0.29, 0.717) is 17.5 Å². The summed E-state index contributed by atoms with van der Waals surface area (Å²) < 4.78 is 1.99. The van der Waals surface area contributed by atoms with Crippen molar-refractivity contribution in [2.24, 2.45) is 0 Å². The summed E-state index contributed by atoms with van der Waals surface area (Å²) >= 11 is 5.97. The van der Waals surface area contributed by atoms with E-state index in [1.165, 1.54) is 0 Å². The van der Waals surface area contributed by atoms with E-state index >= 15 is 0 Å². The highest BCUT2D eigenvalue weighted by molar-refractivity contribution is 6.17. The molecule has 0 fully saturated rings. The van der Waals surface area contributed by atoms with Gasteiger partial charge in [-0.25, -0.2) is 15.0 Å². The molecule has 4 aromatic heterocycles. The van der Waals surface area contributed by atoms with Crippen LogP contribution in [0.5, 0.6) is 0 Å². The Hall–Kier alpha value is -3.77. The SMILES string of the molecule is Nc1ncccc1-c1nc2ccc(-c3ccccn3)nc2n1-c1ccc(CCl)cc1. The van der Waals surface area contributed by atoms with E-state index in [4.69, 9.17) is 27.3 Å². The Bertz CT molecular complexity index is 1330. The number of nitrogen functional groups attached to an aromatic ring is 1. The molecule has 0 unspecified atom stereocenters. The van der Waals surface area contributed by atoms with E-state index in [-0.39, 0.29) is 0 Å².